The van der Waals surface area contributed by atoms with E-state index >= 15 is 0 Å². The van der Waals surface area contributed by atoms with E-state index in [0.717, 1.165) is 24.2 Å². The third-order valence-electron chi connectivity index (χ3n) is 5.12. The molecule has 112 valence electrons. The molecule has 0 aromatic heterocycles. The van der Waals surface area contributed by atoms with Gasteiger partial charge in [-0.25, -0.2) is 0 Å². The highest BCUT2D eigenvalue weighted by molar-refractivity contribution is 5.22. The summed E-state index contributed by atoms with van der Waals surface area (Å²) < 4.78 is 0. The Balaban J connectivity index is 1.91. The largest absolute Gasteiger partial charge is 0.271 e. The van der Waals surface area contributed by atoms with Gasteiger partial charge in [0.15, 0.2) is 0 Å². The van der Waals surface area contributed by atoms with Gasteiger partial charge in [-0.15, -0.1) is 0 Å². The Bertz CT molecular complexity index is 388. The first kappa shape index (κ1) is 15.5. The molecule has 1 saturated carbocycles. The summed E-state index contributed by atoms with van der Waals surface area (Å²) in [7, 11) is 0. The fourth-order valence-corrected chi connectivity index (χ4v) is 3.55. The van der Waals surface area contributed by atoms with Crippen LogP contribution in [0.5, 0.6) is 0 Å². The van der Waals surface area contributed by atoms with Crippen molar-refractivity contribution in [1.29, 1.82) is 0 Å². The van der Waals surface area contributed by atoms with Crippen molar-refractivity contribution in [3.63, 3.8) is 0 Å². The first-order chi connectivity index (χ1) is 9.60. The Labute approximate surface area is 124 Å². The van der Waals surface area contributed by atoms with Gasteiger partial charge in [-0.2, -0.15) is 0 Å². The molecule has 1 aromatic carbocycles. The molecule has 0 spiro atoms. The Kier molecular flexibility index (Phi) is 5.62. The average molecular weight is 274 g/mol. The average Bonchev–Trinajstić information content (AvgIpc) is 2.47. The van der Waals surface area contributed by atoms with Crippen molar-refractivity contribution < 1.29 is 0 Å². The summed E-state index contributed by atoms with van der Waals surface area (Å²) in [4.78, 5) is 0. The monoisotopic (exact) mass is 274 g/mol. The van der Waals surface area contributed by atoms with Crippen LogP contribution < -0.4 is 11.3 Å². The summed E-state index contributed by atoms with van der Waals surface area (Å²) in [5.74, 6) is 8.31. The van der Waals surface area contributed by atoms with Gasteiger partial charge in [-0.1, -0.05) is 43.7 Å². The summed E-state index contributed by atoms with van der Waals surface area (Å²) >= 11 is 0. The van der Waals surface area contributed by atoms with Crippen LogP contribution in [0.4, 0.5) is 0 Å². The predicted molar refractivity (Wildman–Crippen MR) is 86.3 cm³/mol. The van der Waals surface area contributed by atoms with Crippen molar-refractivity contribution in [2.24, 2.45) is 23.6 Å². The molecule has 1 atom stereocenters. The SMILES string of the molecule is Cc1ccc(CC(NN)C2CCC(C(C)C)CC2)cc1. The molecule has 0 bridgehead atoms. The topological polar surface area (TPSA) is 38.0 Å². The lowest BCUT2D eigenvalue weighted by Crippen LogP contribution is -2.44. The van der Waals surface area contributed by atoms with Gasteiger partial charge in [0.05, 0.1) is 0 Å². The zero-order valence-electron chi connectivity index (χ0n) is 13.2. The Morgan fingerprint density at radius 1 is 1.05 bits per heavy atom. The second-order valence-corrected chi connectivity index (χ2v) is 6.88. The lowest BCUT2D eigenvalue weighted by molar-refractivity contribution is 0.188. The smallest absolute Gasteiger partial charge is 0.0279 e. The number of hydrazine groups is 1. The summed E-state index contributed by atoms with van der Waals surface area (Å²) in [5.41, 5.74) is 5.79. The molecular weight excluding hydrogens is 244 g/mol. The third kappa shape index (κ3) is 4.07. The van der Waals surface area contributed by atoms with E-state index < -0.39 is 0 Å². The molecule has 0 radical (unpaired) electrons. The summed E-state index contributed by atoms with van der Waals surface area (Å²) in [5, 5.41) is 0. The molecule has 1 aromatic rings. The van der Waals surface area contributed by atoms with Gasteiger partial charge >= 0.3 is 0 Å². The van der Waals surface area contributed by atoms with Crippen LogP contribution in [-0.2, 0) is 6.42 Å². The van der Waals surface area contributed by atoms with Crippen molar-refractivity contribution in [2.75, 3.05) is 0 Å². The van der Waals surface area contributed by atoms with Crippen molar-refractivity contribution in [3.8, 4) is 0 Å². The van der Waals surface area contributed by atoms with Crippen molar-refractivity contribution in [2.45, 2.75) is 58.9 Å². The van der Waals surface area contributed by atoms with Crippen molar-refractivity contribution >= 4 is 0 Å². The second-order valence-electron chi connectivity index (χ2n) is 6.88. The number of nitrogens with two attached hydrogens (primary N) is 1. The van der Waals surface area contributed by atoms with Gasteiger partial charge in [-0.3, -0.25) is 11.3 Å². The van der Waals surface area contributed by atoms with E-state index in [0.29, 0.717) is 6.04 Å². The van der Waals surface area contributed by atoms with Crippen LogP contribution in [-0.4, -0.2) is 6.04 Å². The van der Waals surface area contributed by atoms with Crippen LogP contribution in [0.1, 0.15) is 50.7 Å². The molecule has 2 rings (SSSR count). The van der Waals surface area contributed by atoms with Crippen LogP contribution in [0.15, 0.2) is 24.3 Å². The fourth-order valence-electron chi connectivity index (χ4n) is 3.55. The van der Waals surface area contributed by atoms with E-state index in [4.69, 9.17) is 5.84 Å². The Morgan fingerprint density at radius 2 is 1.60 bits per heavy atom. The minimum absolute atomic E-state index is 0.422. The molecule has 3 N–H and O–H groups in total. The molecule has 1 aliphatic rings. The number of hydrogen-bond acceptors (Lipinski definition) is 2. The maximum Gasteiger partial charge on any atom is 0.0279 e. The molecular formula is C18H30N2. The highest BCUT2D eigenvalue weighted by Gasteiger charge is 2.28. The van der Waals surface area contributed by atoms with Crippen molar-refractivity contribution in [1.82, 2.24) is 5.43 Å². The zero-order chi connectivity index (χ0) is 14.5. The maximum absolute atomic E-state index is 5.83. The summed E-state index contributed by atoms with van der Waals surface area (Å²) in [6.45, 7) is 6.85. The highest BCUT2D eigenvalue weighted by Crippen LogP contribution is 2.35. The second kappa shape index (κ2) is 7.24. The Hall–Kier alpha value is -0.860. The van der Waals surface area contributed by atoms with Crippen molar-refractivity contribution in [3.05, 3.63) is 35.4 Å². The standard InChI is InChI=1S/C18H30N2/c1-13(2)16-8-10-17(11-9-16)18(20-19)12-15-6-4-14(3)5-7-15/h4-7,13,16-18,20H,8-12,19H2,1-3H3. The van der Waals surface area contributed by atoms with Crippen LogP contribution in [0.3, 0.4) is 0 Å². The van der Waals surface area contributed by atoms with E-state index in [-0.39, 0.29) is 0 Å². The first-order valence-electron chi connectivity index (χ1n) is 8.11. The van der Waals surface area contributed by atoms with E-state index in [1.807, 2.05) is 0 Å². The number of nitrogens with one attached hydrogen (secondary N) is 1. The van der Waals surface area contributed by atoms with Gasteiger partial charge in [0, 0.05) is 6.04 Å². The van der Waals surface area contributed by atoms with Crippen LogP contribution in [0.2, 0.25) is 0 Å². The Morgan fingerprint density at radius 3 is 2.10 bits per heavy atom. The van der Waals surface area contributed by atoms with Gasteiger partial charge < -0.3 is 0 Å². The quantitative estimate of drug-likeness (QED) is 0.632. The third-order valence-corrected chi connectivity index (χ3v) is 5.12. The molecule has 1 unspecified atom stereocenters. The molecule has 0 saturated heterocycles. The first-order valence-corrected chi connectivity index (χ1v) is 8.11. The number of benzene rings is 1. The summed E-state index contributed by atoms with van der Waals surface area (Å²) in [6.07, 6.45) is 6.43. The molecule has 1 aliphatic carbocycles. The lowest BCUT2D eigenvalue weighted by Gasteiger charge is -2.35. The number of rotatable bonds is 5. The van der Waals surface area contributed by atoms with Crippen LogP contribution in [0.25, 0.3) is 0 Å². The van der Waals surface area contributed by atoms with E-state index in [1.54, 1.807) is 0 Å². The zero-order valence-corrected chi connectivity index (χ0v) is 13.2. The van der Waals surface area contributed by atoms with E-state index in [9.17, 15) is 0 Å². The molecule has 0 heterocycles. The number of aryl methyl sites for hydroxylation is 1. The highest BCUT2D eigenvalue weighted by atomic mass is 15.2. The molecule has 1 fully saturated rings. The molecule has 0 aliphatic heterocycles. The summed E-state index contributed by atoms with van der Waals surface area (Å²) in [6, 6.07) is 9.28. The minimum Gasteiger partial charge on any atom is -0.271 e. The molecule has 0 amide bonds. The van der Waals surface area contributed by atoms with Crippen LogP contribution >= 0.6 is 0 Å². The molecule has 2 nitrogen and oxygen atoms in total. The fraction of sp³-hybridized carbons (Fsp3) is 0.667. The lowest BCUT2D eigenvalue weighted by atomic mass is 9.74. The molecule has 20 heavy (non-hydrogen) atoms. The predicted octanol–water partition coefficient (Wildman–Crippen LogP) is 3.83. The normalized spacial score (nSPS) is 24.9. The van der Waals surface area contributed by atoms with Gasteiger partial charge in [-0.05, 0) is 62.3 Å². The van der Waals surface area contributed by atoms with E-state index in [1.165, 1.54) is 36.8 Å². The minimum atomic E-state index is 0.422. The van der Waals surface area contributed by atoms with E-state index in [2.05, 4.69) is 50.5 Å². The van der Waals surface area contributed by atoms with Gasteiger partial charge in [0.2, 0.25) is 0 Å². The van der Waals surface area contributed by atoms with Gasteiger partial charge in [0.25, 0.3) is 0 Å². The molecule has 2 heteroatoms. The number of hydrogen-bond donors (Lipinski definition) is 2. The van der Waals surface area contributed by atoms with Gasteiger partial charge in [0.1, 0.15) is 0 Å². The van der Waals surface area contributed by atoms with Crippen LogP contribution in [0, 0.1) is 24.7 Å². The maximum atomic E-state index is 5.83.